The van der Waals surface area contributed by atoms with Crippen LogP contribution in [0.5, 0.6) is 5.75 Å². The normalized spacial score (nSPS) is 31.5. The van der Waals surface area contributed by atoms with E-state index in [9.17, 15) is 9.90 Å². The molecule has 1 saturated carbocycles. The van der Waals surface area contributed by atoms with E-state index in [2.05, 4.69) is 38.3 Å². The van der Waals surface area contributed by atoms with E-state index in [1.54, 1.807) is 0 Å². The van der Waals surface area contributed by atoms with Gasteiger partial charge in [0.2, 0.25) is 0 Å². The number of ether oxygens (including phenoxy) is 2. The van der Waals surface area contributed by atoms with E-state index in [0.29, 0.717) is 18.4 Å². The van der Waals surface area contributed by atoms with E-state index < -0.39 is 11.7 Å². The van der Waals surface area contributed by atoms with Crippen LogP contribution < -0.4 is 4.74 Å². The zero-order chi connectivity index (χ0) is 22.6. The number of likely N-dealkylation sites (N-methyl/N-ethyl adjacent to an activating group) is 1. The number of para-hydroxylation sites is 1. The molecule has 3 rings (SSSR count). The molecule has 5 nitrogen and oxygen atoms in total. The van der Waals surface area contributed by atoms with Gasteiger partial charge in [-0.25, -0.2) is 0 Å². The Kier molecular flexibility index (Phi) is 7.82. The molecule has 0 heterocycles. The molecule has 1 fully saturated rings. The molecule has 5 heteroatoms. The maximum absolute atomic E-state index is 11.6. The summed E-state index contributed by atoms with van der Waals surface area (Å²) in [7, 11) is 2.12. The van der Waals surface area contributed by atoms with Crippen LogP contribution in [0.1, 0.15) is 40.5 Å². The Balaban J connectivity index is 1.61. The second-order valence-electron chi connectivity index (χ2n) is 9.44. The third-order valence-corrected chi connectivity index (χ3v) is 6.97. The third-order valence-electron chi connectivity index (χ3n) is 6.97. The molecule has 0 bridgehead atoms. The van der Waals surface area contributed by atoms with Crippen molar-refractivity contribution in [2.45, 2.75) is 52.2 Å². The van der Waals surface area contributed by atoms with Gasteiger partial charge in [0.25, 0.3) is 0 Å². The summed E-state index contributed by atoms with van der Waals surface area (Å²) in [6.07, 6.45) is 6.86. The summed E-state index contributed by atoms with van der Waals surface area (Å²) in [5.41, 5.74) is -0.105. The number of esters is 1. The predicted octanol–water partition coefficient (Wildman–Crippen LogP) is 4.00. The van der Waals surface area contributed by atoms with E-state index in [4.69, 9.17) is 9.47 Å². The molecule has 2 aliphatic carbocycles. The van der Waals surface area contributed by atoms with Crippen LogP contribution in [0.15, 0.2) is 42.0 Å². The summed E-state index contributed by atoms with van der Waals surface area (Å²) in [5.74, 6) is 1.38. The van der Waals surface area contributed by atoms with Gasteiger partial charge >= 0.3 is 5.97 Å². The summed E-state index contributed by atoms with van der Waals surface area (Å²) in [5, 5.41) is 11.6. The van der Waals surface area contributed by atoms with Gasteiger partial charge in [-0.15, -0.1) is 0 Å². The van der Waals surface area contributed by atoms with Crippen molar-refractivity contribution < 1.29 is 19.4 Å². The number of aliphatic hydroxyl groups is 1. The van der Waals surface area contributed by atoms with E-state index in [-0.39, 0.29) is 17.8 Å². The molecule has 0 spiro atoms. The van der Waals surface area contributed by atoms with Gasteiger partial charge in [-0.3, -0.25) is 4.79 Å². The van der Waals surface area contributed by atoms with Crippen LogP contribution in [0.25, 0.3) is 0 Å². The number of carbonyl (C=O) groups excluding carboxylic acids is 1. The number of nitrogens with zero attached hydrogens (tertiary/aromatic N) is 1. The standard InChI is InChI=1S/C26H37NO4/c1-18-15-24-23(12-11-20(3)26(24,29)16-25(18)31-21(4)28)19(2)17-27(5)13-14-30-22-9-7-6-8-10-22/h6-10,15,19-20,23-25,29H,11-14,17H2,1-5H3/t19-,20-,23+,24-,25-,26-/m1/s1. The summed E-state index contributed by atoms with van der Waals surface area (Å²) < 4.78 is 11.2. The van der Waals surface area contributed by atoms with Crippen molar-refractivity contribution in [2.24, 2.45) is 23.7 Å². The van der Waals surface area contributed by atoms with Crippen molar-refractivity contribution in [3.63, 3.8) is 0 Å². The predicted molar refractivity (Wildman–Crippen MR) is 121 cm³/mol. The van der Waals surface area contributed by atoms with Gasteiger partial charge in [0.05, 0.1) is 12.0 Å². The lowest BCUT2D eigenvalue weighted by Gasteiger charge is -2.52. The number of benzene rings is 1. The Morgan fingerprint density at radius 1 is 1.32 bits per heavy atom. The molecule has 1 aromatic carbocycles. The Labute approximate surface area is 187 Å². The minimum atomic E-state index is -1.06. The van der Waals surface area contributed by atoms with Gasteiger partial charge in [-0.1, -0.05) is 38.1 Å². The van der Waals surface area contributed by atoms with E-state index >= 15 is 0 Å². The highest BCUT2D eigenvalue weighted by Gasteiger charge is 2.53. The van der Waals surface area contributed by atoms with Crippen LogP contribution in [0.4, 0.5) is 0 Å². The van der Waals surface area contributed by atoms with Crippen molar-refractivity contribution in [1.29, 1.82) is 0 Å². The van der Waals surface area contributed by atoms with Crippen LogP contribution >= 0.6 is 0 Å². The lowest BCUT2D eigenvalue weighted by molar-refractivity contribution is -0.148. The Hall–Kier alpha value is -1.85. The molecule has 1 aromatic rings. The smallest absolute Gasteiger partial charge is 0.303 e. The van der Waals surface area contributed by atoms with Gasteiger partial charge in [0.1, 0.15) is 18.5 Å². The maximum atomic E-state index is 11.6. The first-order valence-corrected chi connectivity index (χ1v) is 11.4. The SMILES string of the molecule is CC(=O)O[C@@H]1[C][C@@]2(O)[C@H](C)CC[C@@H]([C@H](C)CN(C)CCOc3ccccc3)[C@H]2C=C1C. The summed E-state index contributed by atoms with van der Waals surface area (Å²) in [6, 6.07) is 9.89. The molecule has 0 saturated heterocycles. The fourth-order valence-electron chi connectivity index (χ4n) is 5.16. The van der Waals surface area contributed by atoms with Gasteiger partial charge in [0.15, 0.2) is 0 Å². The van der Waals surface area contributed by atoms with Gasteiger partial charge < -0.3 is 19.5 Å². The highest BCUT2D eigenvalue weighted by atomic mass is 16.5. The van der Waals surface area contributed by atoms with Crippen molar-refractivity contribution in [3.05, 3.63) is 48.4 Å². The third kappa shape index (κ3) is 5.69. The first-order valence-electron chi connectivity index (χ1n) is 11.4. The first-order chi connectivity index (χ1) is 14.7. The Morgan fingerprint density at radius 3 is 2.71 bits per heavy atom. The minimum Gasteiger partial charge on any atom is -0.492 e. The van der Waals surface area contributed by atoms with Crippen molar-refractivity contribution in [3.8, 4) is 5.75 Å². The fourth-order valence-corrected chi connectivity index (χ4v) is 5.16. The van der Waals surface area contributed by atoms with E-state index in [1.165, 1.54) is 6.92 Å². The number of hydrogen-bond acceptors (Lipinski definition) is 5. The van der Waals surface area contributed by atoms with Gasteiger partial charge in [-0.05, 0) is 62.3 Å². The molecule has 170 valence electrons. The average molecular weight is 428 g/mol. The number of rotatable bonds is 8. The van der Waals surface area contributed by atoms with Crippen molar-refractivity contribution in [2.75, 3.05) is 26.7 Å². The monoisotopic (exact) mass is 427 g/mol. The van der Waals surface area contributed by atoms with Crippen LogP contribution in [-0.4, -0.2) is 54.4 Å². The van der Waals surface area contributed by atoms with Crippen LogP contribution in [0, 0.1) is 30.1 Å². The molecule has 2 aliphatic rings. The van der Waals surface area contributed by atoms with E-state index in [0.717, 1.165) is 37.3 Å². The molecule has 1 N–H and O–H groups in total. The number of fused-ring (bicyclic) bond motifs is 1. The fraction of sp³-hybridized carbons (Fsp3) is 0.615. The topological polar surface area (TPSA) is 59.0 Å². The second kappa shape index (κ2) is 10.2. The van der Waals surface area contributed by atoms with Crippen molar-refractivity contribution >= 4 is 5.97 Å². The van der Waals surface area contributed by atoms with Crippen LogP contribution in [-0.2, 0) is 9.53 Å². The zero-order valence-electron chi connectivity index (χ0n) is 19.5. The number of hydrogen-bond donors (Lipinski definition) is 1. The van der Waals surface area contributed by atoms with Crippen molar-refractivity contribution in [1.82, 2.24) is 4.90 Å². The van der Waals surface area contributed by atoms with Crippen LogP contribution in [0.3, 0.4) is 0 Å². The summed E-state index contributed by atoms with van der Waals surface area (Å²) in [4.78, 5) is 13.8. The van der Waals surface area contributed by atoms with Gasteiger partial charge in [-0.2, -0.15) is 0 Å². The molecule has 6 atom stereocenters. The second-order valence-corrected chi connectivity index (χ2v) is 9.44. The summed E-state index contributed by atoms with van der Waals surface area (Å²) in [6.45, 7) is 10.1. The largest absolute Gasteiger partial charge is 0.492 e. The summed E-state index contributed by atoms with van der Waals surface area (Å²) >= 11 is 0. The Bertz CT molecular complexity index is 764. The molecule has 0 amide bonds. The van der Waals surface area contributed by atoms with E-state index in [1.807, 2.05) is 37.3 Å². The molecule has 0 unspecified atom stereocenters. The highest BCUT2D eigenvalue weighted by Crippen LogP contribution is 2.50. The number of carbonyl (C=O) groups is 1. The quantitative estimate of drug-likeness (QED) is 0.502. The average Bonchev–Trinajstić information content (AvgIpc) is 2.71. The van der Waals surface area contributed by atoms with Gasteiger partial charge in [0, 0.05) is 25.9 Å². The molecule has 2 radical (unpaired) electrons. The highest BCUT2D eigenvalue weighted by molar-refractivity contribution is 5.66. The molecule has 0 aromatic heterocycles. The molecule has 31 heavy (non-hydrogen) atoms. The minimum absolute atomic E-state index is 0.00738. The molecule has 0 aliphatic heterocycles. The van der Waals surface area contributed by atoms with Crippen LogP contribution in [0.2, 0.25) is 0 Å². The lowest BCUT2D eigenvalue weighted by atomic mass is 9.57. The first kappa shape index (κ1) is 23.8. The maximum Gasteiger partial charge on any atom is 0.303 e. The molecular formula is C26H37NO4. The Morgan fingerprint density at radius 2 is 2.03 bits per heavy atom. The molecular weight excluding hydrogens is 390 g/mol. The zero-order valence-corrected chi connectivity index (χ0v) is 19.5. The lowest BCUT2D eigenvalue weighted by Crippen LogP contribution is -2.56.